The minimum Gasteiger partial charge on any atom is -0.272 e. The summed E-state index contributed by atoms with van der Waals surface area (Å²) >= 11 is 0. The molecule has 1 fully saturated rings. The number of rotatable bonds is 3. The van der Waals surface area contributed by atoms with Crippen molar-refractivity contribution in [2.45, 2.75) is 58.3 Å². The molecule has 0 saturated heterocycles. The van der Waals surface area contributed by atoms with Gasteiger partial charge in [-0.25, -0.2) is 0 Å². The molecule has 2 bridgehead atoms. The lowest BCUT2D eigenvalue weighted by molar-refractivity contribution is 0.0798. The Balaban J connectivity index is 1.67. The monoisotopic (exact) mass is 374 g/mol. The Kier molecular flexibility index (Phi) is 4.30. The summed E-state index contributed by atoms with van der Waals surface area (Å²) in [5.74, 6) is 2.72. The molecule has 0 unspecified atom stereocenters. The summed E-state index contributed by atoms with van der Waals surface area (Å²) in [7, 11) is 0. The van der Waals surface area contributed by atoms with Crippen LogP contribution in [0.3, 0.4) is 0 Å². The van der Waals surface area contributed by atoms with Gasteiger partial charge in [0.25, 0.3) is 5.91 Å². The van der Waals surface area contributed by atoms with E-state index in [-0.39, 0.29) is 11.8 Å². The second-order valence-corrected chi connectivity index (χ2v) is 9.48. The number of benzene rings is 1. The van der Waals surface area contributed by atoms with Crippen molar-refractivity contribution in [1.82, 2.24) is 9.78 Å². The maximum absolute atomic E-state index is 13.7. The van der Waals surface area contributed by atoms with Gasteiger partial charge < -0.3 is 0 Å². The van der Waals surface area contributed by atoms with E-state index in [1.54, 1.807) is 0 Å². The van der Waals surface area contributed by atoms with Crippen LogP contribution in [0.25, 0.3) is 11.3 Å². The average molecular weight is 375 g/mol. The van der Waals surface area contributed by atoms with E-state index in [0.717, 1.165) is 24.1 Å². The molecule has 0 spiro atoms. The Morgan fingerprint density at radius 3 is 2.54 bits per heavy atom. The third kappa shape index (κ3) is 2.70. The molecular formula is C25H30N2O. The molecule has 2 aromatic rings. The zero-order valence-electron chi connectivity index (χ0n) is 17.1. The number of carbonyl (C=O) groups excluding carboxylic acids is 1. The lowest BCUT2D eigenvalue weighted by Crippen LogP contribution is -2.27. The Hall–Kier alpha value is -2.16. The third-order valence-electron chi connectivity index (χ3n) is 7.36. The van der Waals surface area contributed by atoms with E-state index in [1.807, 2.05) is 10.7 Å². The Morgan fingerprint density at radius 1 is 1.11 bits per heavy atom. The van der Waals surface area contributed by atoms with Gasteiger partial charge in [0.05, 0.1) is 11.4 Å². The van der Waals surface area contributed by atoms with Gasteiger partial charge in [-0.1, -0.05) is 63.3 Å². The Bertz CT molecular complexity index is 924. The Morgan fingerprint density at radius 2 is 1.89 bits per heavy atom. The van der Waals surface area contributed by atoms with Crippen LogP contribution in [0.2, 0.25) is 0 Å². The minimum absolute atomic E-state index is 0.0895. The van der Waals surface area contributed by atoms with Gasteiger partial charge >= 0.3 is 0 Å². The van der Waals surface area contributed by atoms with Gasteiger partial charge in [0.2, 0.25) is 0 Å². The highest BCUT2D eigenvalue weighted by molar-refractivity contribution is 5.87. The molecule has 3 aliphatic carbocycles. The topological polar surface area (TPSA) is 34.9 Å². The molecule has 5 atom stereocenters. The summed E-state index contributed by atoms with van der Waals surface area (Å²) in [6.45, 7) is 6.88. The van der Waals surface area contributed by atoms with Crippen LogP contribution in [0.1, 0.15) is 74.3 Å². The van der Waals surface area contributed by atoms with Crippen LogP contribution in [-0.2, 0) is 0 Å². The molecule has 3 aliphatic rings. The second kappa shape index (κ2) is 6.72. The highest BCUT2D eigenvalue weighted by atomic mass is 16.2. The molecule has 0 aliphatic heterocycles. The fourth-order valence-electron chi connectivity index (χ4n) is 5.82. The van der Waals surface area contributed by atoms with Crippen LogP contribution in [-0.4, -0.2) is 15.7 Å². The minimum atomic E-state index is 0.0895. The van der Waals surface area contributed by atoms with E-state index in [9.17, 15) is 4.79 Å². The molecule has 0 radical (unpaired) electrons. The van der Waals surface area contributed by atoms with Crippen molar-refractivity contribution >= 4 is 5.91 Å². The van der Waals surface area contributed by atoms with Crippen molar-refractivity contribution in [2.24, 2.45) is 23.7 Å². The van der Waals surface area contributed by atoms with Gasteiger partial charge in [-0.2, -0.15) is 9.78 Å². The van der Waals surface area contributed by atoms with Gasteiger partial charge in [0, 0.05) is 23.0 Å². The number of hydrogen-bond acceptors (Lipinski definition) is 2. The SMILES string of the molecule is CC(C)[C@@H]1CC[C@@H](C)c2c1nn(C(=O)[C@H]1C[C@H]3C=C[C@@H]1C3)c2-c1ccccc1. The van der Waals surface area contributed by atoms with E-state index in [0.29, 0.717) is 29.6 Å². The molecule has 0 N–H and O–H groups in total. The molecular weight excluding hydrogens is 344 g/mol. The second-order valence-electron chi connectivity index (χ2n) is 9.48. The van der Waals surface area contributed by atoms with E-state index in [1.165, 1.54) is 24.1 Å². The first-order valence-corrected chi connectivity index (χ1v) is 10.9. The van der Waals surface area contributed by atoms with Crippen LogP contribution in [0, 0.1) is 23.7 Å². The fourth-order valence-corrected chi connectivity index (χ4v) is 5.82. The number of carbonyl (C=O) groups is 1. The highest BCUT2D eigenvalue weighted by Crippen LogP contribution is 2.48. The van der Waals surface area contributed by atoms with Crippen molar-refractivity contribution in [1.29, 1.82) is 0 Å². The van der Waals surface area contributed by atoms with Crippen LogP contribution in [0.4, 0.5) is 0 Å². The predicted molar refractivity (Wildman–Crippen MR) is 112 cm³/mol. The van der Waals surface area contributed by atoms with Crippen molar-refractivity contribution in [3.8, 4) is 11.3 Å². The zero-order chi connectivity index (χ0) is 19.4. The lowest BCUT2D eigenvalue weighted by Gasteiger charge is -2.28. The highest BCUT2D eigenvalue weighted by Gasteiger charge is 2.43. The molecule has 28 heavy (non-hydrogen) atoms. The van der Waals surface area contributed by atoms with Crippen LogP contribution in [0.15, 0.2) is 42.5 Å². The Labute approximate surface area is 167 Å². The van der Waals surface area contributed by atoms with Crippen molar-refractivity contribution in [2.75, 3.05) is 0 Å². The van der Waals surface area contributed by atoms with E-state index >= 15 is 0 Å². The fraction of sp³-hybridized carbons (Fsp3) is 0.520. The zero-order valence-corrected chi connectivity index (χ0v) is 17.1. The number of hydrogen-bond donors (Lipinski definition) is 0. The third-order valence-corrected chi connectivity index (χ3v) is 7.36. The van der Waals surface area contributed by atoms with E-state index in [2.05, 4.69) is 57.2 Å². The van der Waals surface area contributed by atoms with E-state index in [4.69, 9.17) is 5.10 Å². The van der Waals surface area contributed by atoms with Gasteiger partial charge in [-0.3, -0.25) is 4.79 Å². The maximum Gasteiger partial charge on any atom is 0.251 e. The molecule has 1 heterocycles. The van der Waals surface area contributed by atoms with Gasteiger partial charge in [0.15, 0.2) is 0 Å². The van der Waals surface area contributed by atoms with Crippen LogP contribution >= 0.6 is 0 Å². The van der Waals surface area contributed by atoms with Crippen molar-refractivity contribution in [3.63, 3.8) is 0 Å². The number of fused-ring (bicyclic) bond motifs is 3. The molecule has 1 saturated carbocycles. The van der Waals surface area contributed by atoms with Crippen molar-refractivity contribution in [3.05, 3.63) is 53.7 Å². The van der Waals surface area contributed by atoms with Crippen LogP contribution < -0.4 is 0 Å². The molecule has 146 valence electrons. The smallest absolute Gasteiger partial charge is 0.251 e. The summed E-state index contributed by atoms with van der Waals surface area (Å²) in [6, 6.07) is 10.4. The van der Waals surface area contributed by atoms with Crippen molar-refractivity contribution < 1.29 is 4.79 Å². The van der Waals surface area contributed by atoms with Gasteiger partial charge in [-0.05, 0) is 49.4 Å². The van der Waals surface area contributed by atoms with Crippen LogP contribution in [0.5, 0.6) is 0 Å². The summed E-state index contributed by atoms with van der Waals surface area (Å²) < 4.78 is 1.82. The standard InChI is InChI=1S/C25H30N2O/c1-15(2)20-12-9-16(3)22-23(20)26-27(24(22)18-7-5-4-6-8-18)25(28)21-14-17-10-11-19(21)13-17/h4-8,10-11,15-17,19-21H,9,12-14H2,1-3H3/t16-,17+,19-,20+,21+/m1/s1. The average Bonchev–Trinajstić information content (AvgIpc) is 3.42. The first kappa shape index (κ1) is 17.9. The van der Waals surface area contributed by atoms with Gasteiger partial charge in [0.1, 0.15) is 0 Å². The summed E-state index contributed by atoms with van der Waals surface area (Å²) in [6.07, 6.45) is 9.04. The van der Waals surface area contributed by atoms with Gasteiger partial charge in [-0.15, -0.1) is 0 Å². The first-order chi connectivity index (χ1) is 13.5. The molecule has 1 aromatic heterocycles. The molecule has 5 rings (SSSR count). The predicted octanol–water partition coefficient (Wildman–Crippen LogP) is 6.04. The number of aromatic nitrogens is 2. The molecule has 3 heteroatoms. The summed E-state index contributed by atoms with van der Waals surface area (Å²) in [5.41, 5.74) is 4.69. The summed E-state index contributed by atoms with van der Waals surface area (Å²) in [4.78, 5) is 13.7. The molecule has 3 nitrogen and oxygen atoms in total. The van der Waals surface area contributed by atoms with E-state index < -0.39 is 0 Å². The number of allylic oxidation sites excluding steroid dienone is 2. The molecule has 0 amide bonds. The summed E-state index contributed by atoms with van der Waals surface area (Å²) in [5, 5.41) is 5.05. The lowest BCUT2D eigenvalue weighted by atomic mass is 9.75. The maximum atomic E-state index is 13.7. The number of nitrogens with zero attached hydrogens (tertiary/aromatic N) is 2. The normalized spacial score (nSPS) is 30.8. The first-order valence-electron chi connectivity index (χ1n) is 10.9. The quantitative estimate of drug-likeness (QED) is 0.614. The largest absolute Gasteiger partial charge is 0.272 e. The molecule has 1 aromatic carbocycles.